The summed E-state index contributed by atoms with van der Waals surface area (Å²) in [6, 6.07) is 0.392. The first-order valence-corrected chi connectivity index (χ1v) is 7.76. The lowest BCUT2D eigenvalue weighted by Gasteiger charge is -2.25. The van der Waals surface area contributed by atoms with Crippen LogP contribution < -0.4 is 10.6 Å². The molecular weight excluding hydrogens is 379 g/mol. The number of nitrogens with one attached hydrogen (secondary N) is 2. The molecule has 1 aliphatic carbocycles. The highest BCUT2D eigenvalue weighted by molar-refractivity contribution is 14.0. The van der Waals surface area contributed by atoms with E-state index < -0.39 is 0 Å². The second-order valence-corrected chi connectivity index (χ2v) is 5.73. The fraction of sp³-hybridized carbons (Fsp3) is 0.786. The van der Waals surface area contributed by atoms with Crippen molar-refractivity contribution in [2.24, 2.45) is 10.9 Å². The summed E-state index contributed by atoms with van der Waals surface area (Å²) in [5, 5.41) is 11.1. The Morgan fingerprint density at radius 2 is 2.29 bits per heavy atom. The molecule has 0 radical (unpaired) electrons. The van der Waals surface area contributed by atoms with E-state index in [4.69, 9.17) is 0 Å². The highest BCUT2D eigenvalue weighted by Crippen LogP contribution is 2.32. The Balaban J connectivity index is 0.00000161. The number of guanidine groups is 1. The highest BCUT2D eigenvalue weighted by atomic mass is 127. The molecule has 118 valence electrons. The van der Waals surface area contributed by atoms with E-state index >= 15 is 0 Å². The molecule has 1 unspecified atom stereocenters. The number of aliphatic imine (C=N–C) groups is 1. The van der Waals surface area contributed by atoms with Crippen molar-refractivity contribution in [2.75, 3.05) is 13.1 Å². The molecule has 0 bridgehead atoms. The molecule has 0 aromatic carbocycles. The van der Waals surface area contributed by atoms with Gasteiger partial charge in [-0.3, -0.25) is 4.99 Å². The first-order valence-electron chi connectivity index (χ1n) is 7.76. The lowest BCUT2D eigenvalue weighted by atomic mass is 10.1. The van der Waals surface area contributed by atoms with Gasteiger partial charge in [-0.05, 0) is 25.7 Å². The van der Waals surface area contributed by atoms with Gasteiger partial charge in [0.15, 0.2) is 5.96 Å². The molecule has 3 rings (SSSR count). The van der Waals surface area contributed by atoms with Crippen LogP contribution >= 0.6 is 24.0 Å². The van der Waals surface area contributed by atoms with Crippen LogP contribution in [-0.4, -0.2) is 39.9 Å². The van der Waals surface area contributed by atoms with Crippen LogP contribution in [0.4, 0.5) is 0 Å². The second kappa shape index (κ2) is 7.95. The summed E-state index contributed by atoms with van der Waals surface area (Å²) in [6.45, 7) is 4.81. The Kier molecular flexibility index (Phi) is 6.25. The second-order valence-electron chi connectivity index (χ2n) is 5.73. The van der Waals surface area contributed by atoms with E-state index in [0.717, 1.165) is 50.2 Å². The Hall–Kier alpha value is -0.860. The van der Waals surface area contributed by atoms with Crippen molar-refractivity contribution in [3.8, 4) is 0 Å². The normalized spacial score (nSPS) is 21.4. The van der Waals surface area contributed by atoms with Gasteiger partial charge in [0.25, 0.3) is 0 Å². The maximum atomic E-state index is 4.68. The summed E-state index contributed by atoms with van der Waals surface area (Å²) in [6.07, 6.45) is 7.75. The van der Waals surface area contributed by atoms with Gasteiger partial charge in [-0.15, -0.1) is 24.0 Å². The lowest BCUT2D eigenvalue weighted by Crippen LogP contribution is -2.47. The average molecular weight is 404 g/mol. The molecular formula is C14H25IN6. The predicted octanol–water partition coefficient (Wildman–Crippen LogP) is 1.57. The molecule has 1 fully saturated rings. The van der Waals surface area contributed by atoms with Crippen molar-refractivity contribution in [3.05, 3.63) is 12.2 Å². The number of hydrogen-bond acceptors (Lipinski definition) is 3. The molecule has 1 aromatic rings. The van der Waals surface area contributed by atoms with Crippen molar-refractivity contribution in [3.63, 3.8) is 0 Å². The Bertz CT molecular complexity index is 468. The number of fused-ring (bicyclic) bond motifs is 1. The maximum Gasteiger partial charge on any atom is 0.191 e. The molecule has 6 nitrogen and oxygen atoms in total. The molecule has 1 atom stereocenters. The highest BCUT2D eigenvalue weighted by Gasteiger charge is 2.22. The summed E-state index contributed by atoms with van der Waals surface area (Å²) < 4.78 is 1.99. The SMILES string of the molecule is CCNC(=NCCC1CC1)NC1CCc2ncnn2C1.I. The Morgan fingerprint density at radius 3 is 3.05 bits per heavy atom. The van der Waals surface area contributed by atoms with E-state index in [1.165, 1.54) is 19.3 Å². The molecule has 21 heavy (non-hydrogen) atoms. The summed E-state index contributed by atoms with van der Waals surface area (Å²) in [7, 11) is 0. The van der Waals surface area contributed by atoms with E-state index in [1.807, 2.05) is 4.68 Å². The number of hydrogen-bond donors (Lipinski definition) is 2. The minimum atomic E-state index is 0. The molecule has 2 heterocycles. The van der Waals surface area contributed by atoms with E-state index in [1.54, 1.807) is 6.33 Å². The van der Waals surface area contributed by atoms with Gasteiger partial charge in [0, 0.05) is 25.6 Å². The molecule has 0 amide bonds. The summed E-state index contributed by atoms with van der Waals surface area (Å²) >= 11 is 0. The van der Waals surface area contributed by atoms with E-state index in [0.29, 0.717) is 6.04 Å². The number of nitrogens with zero attached hydrogens (tertiary/aromatic N) is 4. The minimum absolute atomic E-state index is 0. The van der Waals surface area contributed by atoms with E-state index in [-0.39, 0.29) is 24.0 Å². The monoisotopic (exact) mass is 404 g/mol. The zero-order chi connectivity index (χ0) is 13.8. The third kappa shape index (κ3) is 4.82. The fourth-order valence-corrected chi connectivity index (χ4v) is 2.63. The van der Waals surface area contributed by atoms with Gasteiger partial charge in [0.05, 0.1) is 6.54 Å². The molecule has 0 spiro atoms. The molecule has 7 heteroatoms. The Morgan fingerprint density at radius 1 is 1.43 bits per heavy atom. The van der Waals surface area contributed by atoms with Gasteiger partial charge in [0.2, 0.25) is 0 Å². The number of rotatable bonds is 5. The first-order chi connectivity index (χ1) is 9.85. The van der Waals surface area contributed by atoms with E-state index in [2.05, 4.69) is 32.6 Å². The summed E-state index contributed by atoms with van der Waals surface area (Å²) in [4.78, 5) is 8.94. The van der Waals surface area contributed by atoms with Crippen LogP contribution in [-0.2, 0) is 13.0 Å². The van der Waals surface area contributed by atoms with Gasteiger partial charge in [-0.25, -0.2) is 9.67 Å². The zero-order valence-corrected chi connectivity index (χ0v) is 14.9. The van der Waals surface area contributed by atoms with Crippen molar-refractivity contribution >= 4 is 29.9 Å². The summed E-state index contributed by atoms with van der Waals surface area (Å²) in [5.74, 6) is 2.98. The zero-order valence-electron chi connectivity index (χ0n) is 12.6. The quantitative estimate of drug-likeness (QED) is 0.444. The minimum Gasteiger partial charge on any atom is -0.357 e. The van der Waals surface area contributed by atoms with Crippen LogP contribution in [0.3, 0.4) is 0 Å². The van der Waals surface area contributed by atoms with Crippen LogP contribution in [0.5, 0.6) is 0 Å². The van der Waals surface area contributed by atoms with Gasteiger partial charge >= 0.3 is 0 Å². The van der Waals surface area contributed by atoms with Gasteiger partial charge < -0.3 is 10.6 Å². The number of aromatic nitrogens is 3. The predicted molar refractivity (Wildman–Crippen MR) is 94.0 cm³/mol. The standard InChI is InChI=1S/C14H24N6.HI/c1-2-15-14(16-8-7-11-3-4-11)19-12-5-6-13-17-10-18-20(13)9-12;/h10-12H,2-9H2,1H3,(H2,15,16,19);1H. The van der Waals surface area contributed by atoms with Crippen LogP contribution in [0.2, 0.25) is 0 Å². The summed E-state index contributed by atoms with van der Waals surface area (Å²) in [5.41, 5.74) is 0. The molecule has 2 aliphatic rings. The molecule has 1 saturated carbocycles. The molecule has 0 saturated heterocycles. The smallest absolute Gasteiger partial charge is 0.191 e. The maximum absolute atomic E-state index is 4.68. The van der Waals surface area contributed by atoms with E-state index in [9.17, 15) is 0 Å². The van der Waals surface area contributed by atoms with Crippen LogP contribution in [0, 0.1) is 5.92 Å². The van der Waals surface area contributed by atoms with Crippen molar-refractivity contribution in [1.29, 1.82) is 0 Å². The van der Waals surface area contributed by atoms with Crippen molar-refractivity contribution < 1.29 is 0 Å². The third-order valence-electron chi connectivity index (χ3n) is 3.99. The number of aryl methyl sites for hydroxylation is 1. The van der Waals surface area contributed by atoms with Gasteiger partial charge in [-0.1, -0.05) is 12.8 Å². The van der Waals surface area contributed by atoms with Crippen LogP contribution in [0.25, 0.3) is 0 Å². The molecule has 2 N–H and O–H groups in total. The largest absolute Gasteiger partial charge is 0.357 e. The molecule has 1 aromatic heterocycles. The fourth-order valence-electron chi connectivity index (χ4n) is 2.63. The van der Waals surface area contributed by atoms with Crippen LogP contribution in [0.1, 0.15) is 38.4 Å². The van der Waals surface area contributed by atoms with Gasteiger partial charge in [0.1, 0.15) is 12.2 Å². The van der Waals surface area contributed by atoms with Crippen molar-refractivity contribution in [1.82, 2.24) is 25.4 Å². The first kappa shape index (κ1) is 16.5. The topological polar surface area (TPSA) is 67.1 Å². The lowest BCUT2D eigenvalue weighted by molar-refractivity contribution is 0.392. The third-order valence-corrected chi connectivity index (χ3v) is 3.99. The number of halogens is 1. The van der Waals surface area contributed by atoms with Crippen molar-refractivity contribution in [2.45, 2.75) is 51.6 Å². The average Bonchev–Trinajstić information content (AvgIpc) is 3.15. The van der Waals surface area contributed by atoms with Crippen LogP contribution in [0.15, 0.2) is 11.3 Å². The van der Waals surface area contributed by atoms with Gasteiger partial charge in [-0.2, -0.15) is 5.10 Å². The molecule has 1 aliphatic heterocycles. The Labute approximate surface area is 143 Å².